The van der Waals surface area contributed by atoms with Crippen molar-refractivity contribution >= 4 is 5.82 Å². The Hall–Kier alpha value is -1.03. The molecule has 1 N–H and O–H groups in total. The molecular formula is C11H19N3O. The van der Waals surface area contributed by atoms with Crippen molar-refractivity contribution < 1.29 is 4.74 Å². The van der Waals surface area contributed by atoms with Crippen LogP contribution in [0.1, 0.15) is 25.7 Å². The number of aromatic nitrogens is 2. The van der Waals surface area contributed by atoms with Crippen LogP contribution >= 0.6 is 0 Å². The van der Waals surface area contributed by atoms with Crippen LogP contribution in [-0.4, -0.2) is 29.0 Å². The van der Waals surface area contributed by atoms with Crippen LogP contribution in [-0.2, 0) is 11.8 Å². The van der Waals surface area contributed by atoms with Gasteiger partial charge in [-0.1, -0.05) is 0 Å². The number of ether oxygens (including phenoxy) is 1. The highest BCUT2D eigenvalue weighted by molar-refractivity contribution is 5.33. The Bertz CT molecular complexity index is 311. The highest BCUT2D eigenvalue weighted by Crippen LogP contribution is 2.23. The SMILES string of the molecule is COC1CCCC(Nc2ccn(C)n2)C1. The molecule has 4 nitrogen and oxygen atoms in total. The smallest absolute Gasteiger partial charge is 0.148 e. The minimum atomic E-state index is 0.417. The standard InChI is InChI=1S/C11H19N3O/c1-14-7-6-11(13-14)12-9-4-3-5-10(8-9)15-2/h6-7,9-10H,3-5,8H2,1-2H3,(H,12,13). The van der Waals surface area contributed by atoms with Crippen molar-refractivity contribution in [1.29, 1.82) is 0 Å². The summed E-state index contributed by atoms with van der Waals surface area (Å²) < 4.78 is 7.22. The lowest BCUT2D eigenvalue weighted by atomic mass is 9.93. The molecule has 0 aromatic carbocycles. The minimum Gasteiger partial charge on any atom is -0.381 e. The van der Waals surface area contributed by atoms with Crippen LogP contribution in [0, 0.1) is 0 Å². The fraction of sp³-hybridized carbons (Fsp3) is 0.727. The highest BCUT2D eigenvalue weighted by Gasteiger charge is 2.21. The fourth-order valence-electron chi connectivity index (χ4n) is 2.19. The first kappa shape index (κ1) is 10.5. The van der Waals surface area contributed by atoms with Gasteiger partial charge in [0.15, 0.2) is 0 Å². The predicted molar refractivity (Wildman–Crippen MR) is 59.9 cm³/mol. The van der Waals surface area contributed by atoms with Crippen LogP contribution < -0.4 is 5.32 Å². The number of nitrogens with zero attached hydrogens (tertiary/aromatic N) is 2. The number of rotatable bonds is 3. The molecule has 2 atom stereocenters. The zero-order valence-corrected chi connectivity index (χ0v) is 9.44. The molecule has 1 heterocycles. The van der Waals surface area contributed by atoms with Crippen molar-refractivity contribution in [2.45, 2.75) is 37.8 Å². The molecule has 4 heteroatoms. The molecule has 0 saturated heterocycles. The van der Waals surface area contributed by atoms with Crippen LogP contribution in [0.5, 0.6) is 0 Å². The third kappa shape index (κ3) is 2.72. The second kappa shape index (κ2) is 4.66. The van der Waals surface area contributed by atoms with Crippen LogP contribution in [0.3, 0.4) is 0 Å². The summed E-state index contributed by atoms with van der Waals surface area (Å²) in [7, 11) is 3.73. The summed E-state index contributed by atoms with van der Waals surface area (Å²) in [6.07, 6.45) is 7.11. The normalized spacial score (nSPS) is 26.5. The second-order valence-corrected chi connectivity index (χ2v) is 4.24. The van der Waals surface area contributed by atoms with Gasteiger partial charge in [0.2, 0.25) is 0 Å². The first-order valence-electron chi connectivity index (χ1n) is 5.57. The van der Waals surface area contributed by atoms with Gasteiger partial charge < -0.3 is 10.1 Å². The van der Waals surface area contributed by atoms with Gasteiger partial charge in [0, 0.05) is 32.5 Å². The van der Waals surface area contributed by atoms with Gasteiger partial charge in [0.1, 0.15) is 5.82 Å². The maximum Gasteiger partial charge on any atom is 0.148 e. The van der Waals surface area contributed by atoms with E-state index in [0.29, 0.717) is 12.1 Å². The van der Waals surface area contributed by atoms with Crippen LogP contribution in [0.4, 0.5) is 5.82 Å². The van der Waals surface area contributed by atoms with Crippen LogP contribution in [0.15, 0.2) is 12.3 Å². The number of hydrogen-bond acceptors (Lipinski definition) is 3. The molecule has 0 spiro atoms. The summed E-state index contributed by atoms with van der Waals surface area (Å²) in [6.45, 7) is 0. The maximum atomic E-state index is 5.40. The lowest BCUT2D eigenvalue weighted by molar-refractivity contribution is 0.0669. The zero-order chi connectivity index (χ0) is 10.7. The third-order valence-electron chi connectivity index (χ3n) is 3.03. The second-order valence-electron chi connectivity index (χ2n) is 4.24. The quantitative estimate of drug-likeness (QED) is 0.825. The topological polar surface area (TPSA) is 39.1 Å². The Labute approximate surface area is 90.6 Å². The minimum absolute atomic E-state index is 0.417. The maximum absolute atomic E-state index is 5.40. The molecule has 84 valence electrons. The number of methoxy groups -OCH3 is 1. The van der Waals surface area contributed by atoms with Gasteiger partial charge in [-0.25, -0.2) is 0 Å². The lowest BCUT2D eigenvalue weighted by Crippen LogP contribution is -2.31. The molecular weight excluding hydrogens is 190 g/mol. The molecule has 0 amide bonds. The van der Waals surface area contributed by atoms with Gasteiger partial charge in [-0.2, -0.15) is 5.10 Å². The molecule has 1 aliphatic carbocycles. The molecule has 15 heavy (non-hydrogen) atoms. The lowest BCUT2D eigenvalue weighted by Gasteiger charge is -2.28. The summed E-state index contributed by atoms with van der Waals surface area (Å²) in [5, 5.41) is 7.77. The van der Waals surface area contributed by atoms with E-state index in [4.69, 9.17) is 4.74 Å². The highest BCUT2D eigenvalue weighted by atomic mass is 16.5. The summed E-state index contributed by atoms with van der Waals surface area (Å²) >= 11 is 0. The molecule has 1 fully saturated rings. The molecule has 1 aromatic heterocycles. The number of hydrogen-bond donors (Lipinski definition) is 1. The van der Waals surface area contributed by atoms with Gasteiger partial charge in [-0.05, 0) is 25.7 Å². The Morgan fingerprint density at radius 1 is 1.53 bits per heavy atom. The Kier molecular flexibility index (Phi) is 3.26. The van der Waals surface area contributed by atoms with E-state index in [1.165, 1.54) is 19.3 Å². The largest absolute Gasteiger partial charge is 0.381 e. The van der Waals surface area contributed by atoms with Gasteiger partial charge in [0.05, 0.1) is 6.10 Å². The van der Waals surface area contributed by atoms with Gasteiger partial charge in [-0.3, -0.25) is 4.68 Å². The van der Waals surface area contributed by atoms with Gasteiger partial charge in [-0.15, -0.1) is 0 Å². The van der Waals surface area contributed by atoms with E-state index in [2.05, 4.69) is 10.4 Å². The van der Waals surface area contributed by atoms with Gasteiger partial charge >= 0.3 is 0 Å². The van der Waals surface area contributed by atoms with E-state index in [0.717, 1.165) is 12.2 Å². The zero-order valence-electron chi connectivity index (χ0n) is 9.44. The summed E-state index contributed by atoms with van der Waals surface area (Å²) in [6, 6.07) is 2.52. The first-order chi connectivity index (χ1) is 7.28. The predicted octanol–water partition coefficient (Wildman–Crippen LogP) is 1.79. The summed E-state index contributed by atoms with van der Waals surface area (Å²) in [5.41, 5.74) is 0. The van der Waals surface area contributed by atoms with E-state index in [1.807, 2.05) is 24.0 Å². The first-order valence-corrected chi connectivity index (χ1v) is 5.57. The summed E-state index contributed by atoms with van der Waals surface area (Å²) in [4.78, 5) is 0. The van der Waals surface area contributed by atoms with Crippen molar-refractivity contribution in [3.8, 4) is 0 Å². The van der Waals surface area contributed by atoms with Crippen molar-refractivity contribution in [2.24, 2.45) is 7.05 Å². The molecule has 2 unspecified atom stereocenters. The molecule has 1 aliphatic rings. The molecule has 2 rings (SSSR count). The Morgan fingerprint density at radius 3 is 3.07 bits per heavy atom. The van der Waals surface area contributed by atoms with E-state index in [-0.39, 0.29) is 0 Å². The number of anilines is 1. The third-order valence-corrected chi connectivity index (χ3v) is 3.03. The molecule has 0 radical (unpaired) electrons. The van der Waals surface area contributed by atoms with Crippen molar-refractivity contribution in [1.82, 2.24) is 9.78 Å². The Morgan fingerprint density at radius 2 is 2.40 bits per heavy atom. The molecule has 0 bridgehead atoms. The van der Waals surface area contributed by atoms with Crippen LogP contribution in [0.25, 0.3) is 0 Å². The molecule has 0 aliphatic heterocycles. The summed E-state index contributed by atoms with van der Waals surface area (Å²) in [5.74, 6) is 0.972. The average Bonchev–Trinajstić information content (AvgIpc) is 2.64. The van der Waals surface area contributed by atoms with E-state index in [1.54, 1.807) is 7.11 Å². The van der Waals surface area contributed by atoms with E-state index < -0.39 is 0 Å². The monoisotopic (exact) mass is 209 g/mol. The van der Waals surface area contributed by atoms with Crippen molar-refractivity contribution in [3.05, 3.63) is 12.3 Å². The molecule has 1 saturated carbocycles. The van der Waals surface area contributed by atoms with Crippen molar-refractivity contribution in [3.63, 3.8) is 0 Å². The number of aryl methyl sites for hydroxylation is 1. The van der Waals surface area contributed by atoms with E-state index in [9.17, 15) is 0 Å². The van der Waals surface area contributed by atoms with Crippen LogP contribution in [0.2, 0.25) is 0 Å². The number of nitrogens with one attached hydrogen (secondary N) is 1. The fourth-order valence-corrected chi connectivity index (χ4v) is 2.19. The molecule has 1 aromatic rings. The average molecular weight is 209 g/mol. The Balaban J connectivity index is 1.88. The van der Waals surface area contributed by atoms with E-state index >= 15 is 0 Å². The van der Waals surface area contributed by atoms with Gasteiger partial charge in [0.25, 0.3) is 0 Å². The van der Waals surface area contributed by atoms with Crippen molar-refractivity contribution in [2.75, 3.05) is 12.4 Å².